The first-order chi connectivity index (χ1) is 10.1. The first-order valence-electron chi connectivity index (χ1n) is 8.46. The van der Waals surface area contributed by atoms with Crippen LogP contribution in [0.4, 0.5) is 0 Å². The van der Waals surface area contributed by atoms with Crippen molar-refractivity contribution in [2.24, 2.45) is 0 Å². The molecule has 2 saturated heterocycles. The van der Waals surface area contributed by atoms with Gasteiger partial charge in [0.05, 0.1) is 13.2 Å². The number of nitrogens with zero attached hydrogens (tertiary/aromatic N) is 3. The van der Waals surface area contributed by atoms with E-state index in [1.807, 2.05) is 6.92 Å². The minimum absolute atomic E-state index is 0.0819. The van der Waals surface area contributed by atoms with Crippen LogP contribution < -0.4 is 0 Å². The smallest absolute Gasteiger partial charge is 0.320 e. The number of esters is 1. The summed E-state index contributed by atoms with van der Waals surface area (Å²) in [6.07, 6.45) is 2.36. The zero-order valence-corrected chi connectivity index (χ0v) is 13.9. The Morgan fingerprint density at radius 2 is 1.71 bits per heavy atom. The molecule has 2 heterocycles. The van der Waals surface area contributed by atoms with Crippen LogP contribution in [0.2, 0.25) is 0 Å². The van der Waals surface area contributed by atoms with Gasteiger partial charge in [0, 0.05) is 51.4 Å². The van der Waals surface area contributed by atoms with Gasteiger partial charge in [-0.1, -0.05) is 0 Å². The number of rotatable bonds is 5. The molecule has 0 spiro atoms. The molecule has 21 heavy (non-hydrogen) atoms. The SMILES string of the molecule is CCOC(=O)CN1CCC(N2CCN(C(C)C)CC2)CC1. The normalized spacial score (nSPS) is 23.6. The van der Waals surface area contributed by atoms with E-state index < -0.39 is 0 Å². The van der Waals surface area contributed by atoms with E-state index in [1.165, 1.54) is 39.0 Å². The molecule has 5 nitrogen and oxygen atoms in total. The maximum Gasteiger partial charge on any atom is 0.320 e. The van der Waals surface area contributed by atoms with Gasteiger partial charge in [0.2, 0.25) is 0 Å². The molecule has 0 aromatic carbocycles. The van der Waals surface area contributed by atoms with Gasteiger partial charge in [0.25, 0.3) is 0 Å². The summed E-state index contributed by atoms with van der Waals surface area (Å²) < 4.78 is 5.03. The van der Waals surface area contributed by atoms with E-state index in [2.05, 4.69) is 28.5 Å². The molecule has 0 atom stereocenters. The molecule has 0 saturated carbocycles. The lowest BCUT2D eigenvalue weighted by molar-refractivity contribution is -0.144. The van der Waals surface area contributed by atoms with Crippen molar-refractivity contribution in [2.45, 2.75) is 45.7 Å². The number of carbonyl (C=O) groups excluding carboxylic acids is 1. The zero-order chi connectivity index (χ0) is 15.2. The largest absolute Gasteiger partial charge is 0.465 e. The lowest BCUT2D eigenvalue weighted by Gasteiger charge is -2.43. The molecule has 2 fully saturated rings. The Hall–Kier alpha value is -0.650. The molecule has 0 unspecified atom stereocenters. The van der Waals surface area contributed by atoms with Crippen molar-refractivity contribution < 1.29 is 9.53 Å². The summed E-state index contributed by atoms with van der Waals surface area (Å²) >= 11 is 0. The summed E-state index contributed by atoms with van der Waals surface area (Å²) in [5, 5.41) is 0. The first-order valence-corrected chi connectivity index (χ1v) is 8.46. The second-order valence-corrected chi connectivity index (χ2v) is 6.48. The number of hydrogen-bond donors (Lipinski definition) is 0. The fourth-order valence-electron chi connectivity index (χ4n) is 3.45. The highest BCUT2D eigenvalue weighted by atomic mass is 16.5. The van der Waals surface area contributed by atoms with Crippen molar-refractivity contribution in [1.82, 2.24) is 14.7 Å². The highest BCUT2D eigenvalue weighted by molar-refractivity contribution is 5.71. The van der Waals surface area contributed by atoms with Gasteiger partial charge in [-0.2, -0.15) is 0 Å². The second-order valence-electron chi connectivity index (χ2n) is 6.48. The Morgan fingerprint density at radius 3 is 2.24 bits per heavy atom. The molecule has 2 rings (SSSR count). The summed E-state index contributed by atoms with van der Waals surface area (Å²) in [6.45, 7) is 14.2. The summed E-state index contributed by atoms with van der Waals surface area (Å²) in [6, 6.07) is 1.37. The Balaban J connectivity index is 1.68. The lowest BCUT2D eigenvalue weighted by atomic mass is 10.0. The summed E-state index contributed by atoms with van der Waals surface area (Å²) in [5.74, 6) is -0.0819. The van der Waals surface area contributed by atoms with Gasteiger partial charge in [-0.15, -0.1) is 0 Å². The van der Waals surface area contributed by atoms with Crippen molar-refractivity contribution in [1.29, 1.82) is 0 Å². The van der Waals surface area contributed by atoms with Gasteiger partial charge < -0.3 is 4.74 Å². The Kier molecular flexibility index (Phi) is 6.45. The maximum atomic E-state index is 11.5. The molecule has 5 heteroatoms. The molecule has 0 aliphatic carbocycles. The second kappa shape index (κ2) is 8.11. The fraction of sp³-hybridized carbons (Fsp3) is 0.938. The summed E-state index contributed by atoms with van der Waals surface area (Å²) in [7, 11) is 0. The van der Waals surface area contributed by atoms with E-state index in [0.29, 0.717) is 25.2 Å². The van der Waals surface area contributed by atoms with Crippen molar-refractivity contribution >= 4 is 5.97 Å². The van der Waals surface area contributed by atoms with E-state index in [-0.39, 0.29) is 5.97 Å². The average molecular weight is 297 g/mol. The van der Waals surface area contributed by atoms with Crippen LogP contribution in [0.3, 0.4) is 0 Å². The fourth-order valence-corrected chi connectivity index (χ4v) is 3.45. The Morgan fingerprint density at radius 1 is 1.10 bits per heavy atom. The molecule has 0 bridgehead atoms. The predicted octanol–water partition coefficient (Wildman–Crippen LogP) is 1.04. The minimum atomic E-state index is -0.0819. The zero-order valence-electron chi connectivity index (χ0n) is 13.9. The van der Waals surface area contributed by atoms with E-state index in [9.17, 15) is 4.79 Å². The number of likely N-dealkylation sites (tertiary alicyclic amines) is 1. The number of carbonyl (C=O) groups is 1. The molecular weight excluding hydrogens is 266 g/mol. The van der Waals surface area contributed by atoms with Crippen molar-refractivity contribution in [3.63, 3.8) is 0 Å². The summed E-state index contributed by atoms with van der Waals surface area (Å²) in [4.78, 5) is 19.0. The topological polar surface area (TPSA) is 36.0 Å². The van der Waals surface area contributed by atoms with Crippen molar-refractivity contribution in [3.05, 3.63) is 0 Å². The van der Waals surface area contributed by atoms with Crippen LogP contribution in [0.1, 0.15) is 33.6 Å². The van der Waals surface area contributed by atoms with Crippen LogP contribution in [0.5, 0.6) is 0 Å². The molecule has 0 radical (unpaired) electrons. The molecule has 0 N–H and O–H groups in total. The minimum Gasteiger partial charge on any atom is -0.465 e. The first kappa shape index (κ1) is 16.7. The number of hydrogen-bond acceptors (Lipinski definition) is 5. The summed E-state index contributed by atoms with van der Waals surface area (Å²) in [5.41, 5.74) is 0. The molecule has 0 amide bonds. The Labute approximate surface area is 129 Å². The maximum absolute atomic E-state index is 11.5. The third kappa shape index (κ3) is 4.94. The number of piperidine rings is 1. The molecule has 2 aliphatic rings. The molecule has 0 aromatic heterocycles. The van der Waals surface area contributed by atoms with Gasteiger partial charge in [0.1, 0.15) is 0 Å². The van der Waals surface area contributed by atoms with Crippen molar-refractivity contribution in [3.8, 4) is 0 Å². The molecule has 122 valence electrons. The van der Waals surface area contributed by atoms with Gasteiger partial charge in [0.15, 0.2) is 0 Å². The lowest BCUT2D eigenvalue weighted by Crippen LogP contribution is -2.54. The molecular formula is C16H31N3O2. The van der Waals surface area contributed by atoms with E-state index in [4.69, 9.17) is 4.74 Å². The monoisotopic (exact) mass is 297 g/mol. The van der Waals surface area contributed by atoms with Gasteiger partial charge >= 0.3 is 5.97 Å². The predicted molar refractivity (Wildman–Crippen MR) is 84.4 cm³/mol. The average Bonchev–Trinajstić information content (AvgIpc) is 2.48. The van der Waals surface area contributed by atoms with Crippen LogP contribution in [0.25, 0.3) is 0 Å². The van der Waals surface area contributed by atoms with Crippen LogP contribution in [0, 0.1) is 0 Å². The third-order valence-electron chi connectivity index (χ3n) is 4.81. The highest BCUT2D eigenvalue weighted by Gasteiger charge is 2.28. The standard InChI is InChI=1S/C16H31N3O2/c1-4-21-16(20)13-17-7-5-15(6-8-17)19-11-9-18(10-12-19)14(2)3/h14-15H,4-13H2,1-3H3. The van der Waals surface area contributed by atoms with E-state index in [0.717, 1.165) is 13.1 Å². The molecule has 0 aromatic rings. The van der Waals surface area contributed by atoms with Crippen LogP contribution >= 0.6 is 0 Å². The van der Waals surface area contributed by atoms with E-state index in [1.54, 1.807) is 0 Å². The number of piperazine rings is 1. The van der Waals surface area contributed by atoms with Crippen LogP contribution in [-0.4, -0.2) is 85.2 Å². The molecule has 2 aliphatic heterocycles. The van der Waals surface area contributed by atoms with Gasteiger partial charge in [-0.25, -0.2) is 0 Å². The van der Waals surface area contributed by atoms with Crippen LogP contribution in [0.15, 0.2) is 0 Å². The van der Waals surface area contributed by atoms with Gasteiger partial charge in [-0.3, -0.25) is 19.5 Å². The van der Waals surface area contributed by atoms with Crippen molar-refractivity contribution in [2.75, 3.05) is 52.4 Å². The van der Waals surface area contributed by atoms with Gasteiger partial charge in [-0.05, 0) is 33.6 Å². The quantitative estimate of drug-likeness (QED) is 0.709. The van der Waals surface area contributed by atoms with E-state index >= 15 is 0 Å². The Bertz CT molecular complexity index is 319. The number of ether oxygens (including phenoxy) is 1. The van der Waals surface area contributed by atoms with Crippen LogP contribution in [-0.2, 0) is 9.53 Å². The highest BCUT2D eigenvalue weighted by Crippen LogP contribution is 2.18. The third-order valence-corrected chi connectivity index (χ3v) is 4.81.